The van der Waals surface area contributed by atoms with E-state index in [1.54, 1.807) is 0 Å². The zero-order chi connectivity index (χ0) is 12.9. The lowest BCUT2D eigenvalue weighted by molar-refractivity contribution is -0.102. The Balaban J connectivity index is 2.80. The van der Waals surface area contributed by atoms with Crippen LogP contribution in [0.4, 0.5) is 0 Å². The molecule has 0 saturated heterocycles. The summed E-state index contributed by atoms with van der Waals surface area (Å²) in [4.78, 5) is 0. The van der Waals surface area contributed by atoms with Crippen molar-refractivity contribution in [2.24, 2.45) is 11.3 Å². The van der Waals surface area contributed by atoms with Gasteiger partial charge in [0.2, 0.25) is 0 Å². The zero-order valence-electron chi connectivity index (χ0n) is 11.3. The quantitative estimate of drug-likeness (QED) is 0.767. The molecule has 0 aromatic rings. The molecule has 0 amide bonds. The summed E-state index contributed by atoms with van der Waals surface area (Å²) in [5.74, 6) is 0.285. The molecule has 17 heavy (non-hydrogen) atoms. The van der Waals surface area contributed by atoms with Gasteiger partial charge in [-0.1, -0.05) is 27.2 Å². The van der Waals surface area contributed by atoms with Gasteiger partial charge in [-0.3, -0.25) is 0 Å². The average molecular weight is 239 g/mol. The Morgan fingerprint density at radius 1 is 1.41 bits per heavy atom. The summed E-state index contributed by atoms with van der Waals surface area (Å²) >= 11 is 0. The topological polar surface area (TPSA) is 53.2 Å². The molecule has 0 radical (unpaired) electrons. The van der Waals surface area contributed by atoms with E-state index in [1.165, 1.54) is 6.42 Å². The maximum Gasteiger partial charge on any atom is 0.157 e. The molecule has 3 nitrogen and oxygen atoms in total. The number of hydrogen-bond acceptors (Lipinski definition) is 3. The van der Waals surface area contributed by atoms with Crippen LogP contribution in [0.5, 0.6) is 0 Å². The molecule has 1 saturated carbocycles. The van der Waals surface area contributed by atoms with Crippen LogP contribution in [0.1, 0.15) is 52.9 Å². The first-order valence-corrected chi connectivity index (χ1v) is 6.62. The molecule has 0 bridgehead atoms. The predicted octanol–water partition coefficient (Wildman–Crippen LogP) is 2.88. The second-order valence-electron chi connectivity index (χ2n) is 6.09. The highest BCUT2D eigenvalue weighted by Crippen LogP contribution is 2.46. The Kier molecular flexibility index (Phi) is 4.97. The second-order valence-corrected chi connectivity index (χ2v) is 6.09. The minimum Gasteiger partial charge on any atom is -0.396 e. The van der Waals surface area contributed by atoms with Crippen molar-refractivity contribution >= 4 is 0 Å². The molecule has 2 unspecified atom stereocenters. The van der Waals surface area contributed by atoms with Crippen molar-refractivity contribution in [1.82, 2.24) is 0 Å². The van der Waals surface area contributed by atoms with Crippen LogP contribution in [0.25, 0.3) is 0 Å². The van der Waals surface area contributed by atoms with Crippen LogP contribution in [0, 0.1) is 22.7 Å². The van der Waals surface area contributed by atoms with E-state index in [1.807, 2.05) is 0 Å². The van der Waals surface area contributed by atoms with Crippen LogP contribution < -0.4 is 0 Å². The minimum atomic E-state index is -0.633. The Hall–Kier alpha value is -0.590. The molecule has 0 aromatic heterocycles. The van der Waals surface area contributed by atoms with E-state index in [4.69, 9.17) is 9.84 Å². The Morgan fingerprint density at radius 2 is 2.12 bits per heavy atom. The van der Waals surface area contributed by atoms with Gasteiger partial charge in [0.15, 0.2) is 5.60 Å². The van der Waals surface area contributed by atoms with E-state index >= 15 is 0 Å². The molecule has 1 fully saturated rings. The van der Waals surface area contributed by atoms with Crippen LogP contribution >= 0.6 is 0 Å². The Bertz CT molecular complexity index is 277. The molecule has 1 aliphatic carbocycles. The minimum absolute atomic E-state index is 0.0926. The molecule has 1 N–H and O–H groups in total. The lowest BCUT2D eigenvalue weighted by atomic mass is 9.64. The summed E-state index contributed by atoms with van der Waals surface area (Å²) in [5.41, 5.74) is -0.541. The first-order valence-electron chi connectivity index (χ1n) is 6.62. The van der Waals surface area contributed by atoms with Gasteiger partial charge in [-0.25, -0.2) is 0 Å². The first kappa shape index (κ1) is 14.5. The van der Waals surface area contributed by atoms with Gasteiger partial charge in [0.25, 0.3) is 0 Å². The lowest BCUT2D eigenvalue weighted by Crippen LogP contribution is -2.48. The van der Waals surface area contributed by atoms with Crippen molar-refractivity contribution in [3.63, 3.8) is 0 Å². The third-order valence-corrected chi connectivity index (χ3v) is 3.75. The van der Waals surface area contributed by atoms with Gasteiger partial charge in [0, 0.05) is 12.5 Å². The highest BCUT2D eigenvalue weighted by atomic mass is 16.5. The van der Waals surface area contributed by atoms with Gasteiger partial charge in [-0.2, -0.15) is 5.26 Å². The van der Waals surface area contributed by atoms with Gasteiger partial charge in [0.05, 0.1) is 12.7 Å². The molecule has 0 aromatic carbocycles. The third kappa shape index (κ3) is 3.43. The lowest BCUT2D eigenvalue weighted by Gasteiger charge is -2.45. The Labute approximate surface area is 105 Å². The predicted molar refractivity (Wildman–Crippen MR) is 67.4 cm³/mol. The van der Waals surface area contributed by atoms with Crippen LogP contribution in [-0.4, -0.2) is 23.9 Å². The molecule has 1 aliphatic rings. The average Bonchev–Trinajstić information content (AvgIpc) is 2.28. The number of rotatable bonds is 4. The summed E-state index contributed by atoms with van der Waals surface area (Å²) in [7, 11) is 0. The largest absolute Gasteiger partial charge is 0.396 e. The van der Waals surface area contributed by atoms with Crippen molar-refractivity contribution in [2.45, 2.75) is 58.5 Å². The molecule has 98 valence electrons. The van der Waals surface area contributed by atoms with Gasteiger partial charge >= 0.3 is 0 Å². The SMILES string of the molecule is CC(C)(C)C1CCCCC1(C#N)OCCCO. The van der Waals surface area contributed by atoms with Crippen LogP contribution in [-0.2, 0) is 4.74 Å². The third-order valence-electron chi connectivity index (χ3n) is 3.75. The van der Waals surface area contributed by atoms with Crippen molar-refractivity contribution in [3.05, 3.63) is 0 Å². The maximum atomic E-state index is 9.54. The fraction of sp³-hybridized carbons (Fsp3) is 0.929. The number of nitriles is 1. The standard InChI is InChI=1S/C14H25NO2/c1-13(2,3)12-7-4-5-8-14(12,11-15)17-10-6-9-16/h12,16H,4-10H2,1-3H3. The molecule has 1 rings (SSSR count). The number of aliphatic hydroxyl groups is 1. The van der Waals surface area contributed by atoms with Crippen molar-refractivity contribution in [1.29, 1.82) is 5.26 Å². The number of nitrogens with zero attached hydrogens (tertiary/aromatic N) is 1. The Morgan fingerprint density at radius 3 is 2.65 bits per heavy atom. The highest BCUT2D eigenvalue weighted by molar-refractivity contribution is 5.10. The molecule has 0 heterocycles. The fourth-order valence-corrected chi connectivity index (χ4v) is 2.93. The van der Waals surface area contributed by atoms with Gasteiger partial charge in [-0.05, 0) is 31.1 Å². The van der Waals surface area contributed by atoms with E-state index in [-0.39, 0.29) is 17.9 Å². The van der Waals surface area contributed by atoms with Crippen molar-refractivity contribution in [3.8, 4) is 6.07 Å². The monoisotopic (exact) mass is 239 g/mol. The van der Waals surface area contributed by atoms with Crippen LogP contribution in [0.2, 0.25) is 0 Å². The first-order chi connectivity index (χ1) is 7.96. The molecule has 2 atom stereocenters. The normalized spacial score (nSPS) is 29.9. The van der Waals surface area contributed by atoms with Gasteiger partial charge in [0.1, 0.15) is 0 Å². The summed E-state index contributed by atoms with van der Waals surface area (Å²) in [5, 5.41) is 18.4. The highest BCUT2D eigenvalue weighted by Gasteiger charge is 2.47. The fourth-order valence-electron chi connectivity index (χ4n) is 2.93. The van der Waals surface area contributed by atoms with E-state index in [0.717, 1.165) is 19.3 Å². The van der Waals surface area contributed by atoms with Gasteiger partial charge < -0.3 is 9.84 Å². The van der Waals surface area contributed by atoms with E-state index in [0.29, 0.717) is 13.0 Å². The number of aliphatic hydroxyl groups excluding tert-OH is 1. The molecule has 0 spiro atoms. The molecule has 0 aliphatic heterocycles. The molecular weight excluding hydrogens is 214 g/mol. The number of ether oxygens (including phenoxy) is 1. The van der Waals surface area contributed by atoms with E-state index < -0.39 is 5.60 Å². The van der Waals surface area contributed by atoms with E-state index in [2.05, 4.69) is 26.8 Å². The summed E-state index contributed by atoms with van der Waals surface area (Å²) in [6, 6.07) is 2.43. The number of hydrogen-bond donors (Lipinski definition) is 1. The van der Waals surface area contributed by atoms with Crippen LogP contribution in [0.15, 0.2) is 0 Å². The van der Waals surface area contributed by atoms with Gasteiger partial charge in [-0.15, -0.1) is 0 Å². The van der Waals surface area contributed by atoms with E-state index in [9.17, 15) is 5.26 Å². The van der Waals surface area contributed by atoms with Crippen molar-refractivity contribution < 1.29 is 9.84 Å². The van der Waals surface area contributed by atoms with Crippen molar-refractivity contribution in [2.75, 3.05) is 13.2 Å². The summed E-state index contributed by atoms with van der Waals surface area (Å²) < 4.78 is 5.88. The summed E-state index contributed by atoms with van der Waals surface area (Å²) in [6.07, 6.45) is 4.77. The maximum absolute atomic E-state index is 9.54. The second kappa shape index (κ2) is 5.84. The zero-order valence-corrected chi connectivity index (χ0v) is 11.3. The van der Waals surface area contributed by atoms with Crippen LogP contribution in [0.3, 0.4) is 0 Å². The molecule has 3 heteroatoms. The molecular formula is C14H25NO2. The smallest absolute Gasteiger partial charge is 0.157 e. The summed E-state index contributed by atoms with van der Waals surface area (Å²) in [6.45, 7) is 7.16.